The highest BCUT2D eigenvalue weighted by Crippen LogP contribution is 2.47. The van der Waals surface area contributed by atoms with Gasteiger partial charge in [0, 0.05) is 0 Å². The van der Waals surface area contributed by atoms with Crippen LogP contribution in [-0.4, -0.2) is 20.2 Å². The molecular formula is C12H15F2NO. The van der Waals surface area contributed by atoms with Gasteiger partial charge in [-0.05, 0) is 49.5 Å². The Kier molecular flexibility index (Phi) is 3.39. The molecule has 0 heterocycles. The van der Waals surface area contributed by atoms with Crippen LogP contribution in [-0.2, 0) is 0 Å². The molecule has 1 N–H and O–H groups in total. The van der Waals surface area contributed by atoms with Crippen LogP contribution >= 0.6 is 0 Å². The van der Waals surface area contributed by atoms with Crippen LogP contribution in [0.25, 0.3) is 0 Å². The summed E-state index contributed by atoms with van der Waals surface area (Å²) in [4.78, 5) is 0. The van der Waals surface area contributed by atoms with Gasteiger partial charge in [0.2, 0.25) is 0 Å². The van der Waals surface area contributed by atoms with Gasteiger partial charge in [0.05, 0.1) is 0 Å². The Labute approximate surface area is 93.6 Å². The van der Waals surface area contributed by atoms with Crippen molar-refractivity contribution < 1.29 is 13.5 Å². The van der Waals surface area contributed by atoms with Crippen molar-refractivity contribution in [2.24, 2.45) is 5.92 Å². The van der Waals surface area contributed by atoms with Gasteiger partial charge in [-0.1, -0.05) is 12.1 Å². The first-order valence-corrected chi connectivity index (χ1v) is 5.40. The monoisotopic (exact) mass is 227 g/mol. The molecule has 1 aliphatic carbocycles. The van der Waals surface area contributed by atoms with Gasteiger partial charge in [0.25, 0.3) is 0 Å². The number of rotatable bonds is 5. The zero-order chi connectivity index (χ0) is 11.5. The van der Waals surface area contributed by atoms with Crippen LogP contribution in [0.15, 0.2) is 24.3 Å². The molecule has 0 aliphatic heterocycles. The van der Waals surface area contributed by atoms with E-state index < -0.39 is 6.61 Å². The van der Waals surface area contributed by atoms with Gasteiger partial charge in [-0.25, -0.2) is 0 Å². The summed E-state index contributed by atoms with van der Waals surface area (Å²) in [5.74, 6) is 1.49. The number of benzene rings is 1. The highest BCUT2D eigenvalue weighted by Gasteiger charge is 2.37. The average Bonchev–Trinajstić information content (AvgIpc) is 2.98. The molecule has 1 aromatic rings. The van der Waals surface area contributed by atoms with E-state index >= 15 is 0 Å². The predicted octanol–water partition coefficient (Wildman–Crippen LogP) is 2.61. The minimum Gasteiger partial charge on any atom is -0.435 e. The Bertz CT molecular complexity index is 339. The highest BCUT2D eigenvalue weighted by molar-refractivity contribution is 5.32. The SMILES string of the molecule is CNC[C@@H]1C[C@H]1c1ccc(OC(F)F)cc1. The first-order valence-electron chi connectivity index (χ1n) is 5.40. The summed E-state index contributed by atoms with van der Waals surface area (Å²) in [5.41, 5.74) is 1.21. The van der Waals surface area contributed by atoms with E-state index in [4.69, 9.17) is 0 Å². The van der Waals surface area contributed by atoms with Crippen molar-refractivity contribution >= 4 is 0 Å². The fourth-order valence-electron chi connectivity index (χ4n) is 2.04. The molecule has 88 valence electrons. The van der Waals surface area contributed by atoms with Crippen LogP contribution in [0.1, 0.15) is 17.9 Å². The van der Waals surface area contributed by atoms with Crippen LogP contribution in [0.5, 0.6) is 5.75 Å². The van der Waals surface area contributed by atoms with E-state index in [1.54, 1.807) is 12.1 Å². The number of alkyl halides is 2. The number of halogens is 2. The van der Waals surface area contributed by atoms with Gasteiger partial charge in [-0.15, -0.1) is 0 Å². The lowest BCUT2D eigenvalue weighted by Gasteiger charge is -2.05. The van der Waals surface area contributed by atoms with Gasteiger partial charge >= 0.3 is 6.61 Å². The molecule has 0 saturated heterocycles. The minimum atomic E-state index is -2.75. The fraction of sp³-hybridized carbons (Fsp3) is 0.500. The van der Waals surface area contributed by atoms with Crippen molar-refractivity contribution in [1.82, 2.24) is 5.32 Å². The van der Waals surface area contributed by atoms with Crippen molar-refractivity contribution in [2.75, 3.05) is 13.6 Å². The summed E-state index contributed by atoms with van der Waals surface area (Å²) in [6.07, 6.45) is 1.18. The lowest BCUT2D eigenvalue weighted by atomic mass is 10.1. The molecule has 2 rings (SSSR count). The van der Waals surface area contributed by atoms with E-state index in [0.29, 0.717) is 11.8 Å². The Balaban J connectivity index is 1.93. The van der Waals surface area contributed by atoms with Crippen molar-refractivity contribution in [2.45, 2.75) is 19.0 Å². The van der Waals surface area contributed by atoms with E-state index in [1.165, 1.54) is 12.0 Å². The third-order valence-corrected chi connectivity index (χ3v) is 2.92. The normalized spacial score (nSPS) is 23.5. The zero-order valence-electron chi connectivity index (χ0n) is 9.12. The van der Waals surface area contributed by atoms with Crippen molar-refractivity contribution in [3.05, 3.63) is 29.8 Å². The smallest absolute Gasteiger partial charge is 0.387 e. The number of nitrogens with one attached hydrogen (secondary N) is 1. The lowest BCUT2D eigenvalue weighted by molar-refractivity contribution is -0.0498. The standard InChI is InChI=1S/C12H15F2NO/c1-15-7-9-6-11(9)8-2-4-10(5-3-8)16-12(13)14/h2-5,9,11-12,15H,6-7H2,1H3/t9-,11-/m0/s1. The highest BCUT2D eigenvalue weighted by atomic mass is 19.3. The summed E-state index contributed by atoms with van der Waals surface area (Å²) in [6.45, 7) is -1.73. The van der Waals surface area contributed by atoms with Gasteiger partial charge < -0.3 is 10.1 Å². The average molecular weight is 227 g/mol. The Hall–Kier alpha value is -1.16. The van der Waals surface area contributed by atoms with Gasteiger partial charge in [-0.3, -0.25) is 0 Å². The van der Waals surface area contributed by atoms with Crippen molar-refractivity contribution in [3.63, 3.8) is 0 Å². The van der Waals surface area contributed by atoms with E-state index in [-0.39, 0.29) is 5.75 Å². The molecular weight excluding hydrogens is 212 g/mol. The van der Waals surface area contributed by atoms with Crippen LogP contribution in [0.3, 0.4) is 0 Å². The summed E-state index contributed by atoms with van der Waals surface area (Å²) in [6, 6.07) is 6.96. The van der Waals surface area contributed by atoms with E-state index in [0.717, 1.165) is 6.54 Å². The van der Waals surface area contributed by atoms with Crippen molar-refractivity contribution in [3.8, 4) is 5.75 Å². The van der Waals surface area contributed by atoms with E-state index in [9.17, 15) is 8.78 Å². The molecule has 2 nitrogen and oxygen atoms in total. The molecule has 0 aromatic heterocycles. The molecule has 1 aromatic carbocycles. The first-order chi connectivity index (χ1) is 7.70. The molecule has 1 fully saturated rings. The third-order valence-electron chi connectivity index (χ3n) is 2.92. The molecule has 1 saturated carbocycles. The summed E-state index contributed by atoms with van der Waals surface area (Å²) in [7, 11) is 1.94. The van der Waals surface area contributed by atoms with Crippen LogP contribution in [0.2, 0.25) is 0 Å². The maximum absolute atomic E-state index is 11.9. The quantitative estimate of drug-likeness (QED) is 0.834. The molecule has 0 amide bonds. The molecule has 0 radical (unpaired) electrons. The predicted molar refractivity (Wildman–Crippen MR) is 57.8 cm³/mol. The summed E-state index contributed by atoms with van der Waals surface area (Å²) >= 11 is 0. The second kappa shape index (κ2) is 4.78. The maximum Gasteiger partial charge on any atom is 0.387 e. The van der Waals surface area contributed by atoms with Crippen LogP contribution in [0, 0.1) is 5.92 Å². The van der Waals surface area contributed by atoms with Gasteiger partial charge in [0.1, 0.15) is 5.75 Å². The number of hydrogen-bond donors (Lipinski definition) is 1. The topological polar surface area (TPSA) is 21.3 Å². The fourth-order valence-corrected chi connectivity index (χ4v) is 2.04. The molecule has 16 heavy (non-hydrogen) atoms. The molecule has 0 bridgehead atoms. The molecule has 0 spiro atoms. The van der Waals surface area contributed by atoms with Crippen molar-refractivity contribution in [1.29, 1.82) is 0 Å². The Morgan fingerprint density at radius 3 is 2.62 bits per heavy atom. The second-order valence-corrected chi connectivity index (χ2v) is 4.11. The Morgan fingerprint density at radius 2 is 2.06 bits per heavy atom. The van der Waals surface area contributed by atoms with Gasteiger partial charge in [-0.2, -0.15) is 8.78 Å². The number of ether oxygens (including phenoxy) is 1. The molecule has 4 heteroatoms. The maximum atomic E-state index is 11.9. The summed E-state index contributed by atoms with van der Waals surface area (Å²) < 4.78 is 28.1. The minimum absolute atomic E-state index is 0.226. The van der Waals surface area contributed by atoms with E-state index in [2.05, 4.69) is 10.1 Å². The summed E-state index contributed by atoms with van der Waals surface area (Å²) in [5, 5.41) is 3.14. The zero-order valence-corrected chi connectivity index (χ0v) is 9.12. The molecule has 0 unspecified atom stereocenters. The largest absolute Gasteiger partial charge is 0.435 e. The first kappa shape index (κ1) is 11.3. The Morgan fingerprint density at radius 1 is 1.38 bits per heavy atom. The van der Waals surface area contributed by atoms with E-state index in [1.807, 2.05) is 19.2 Å². The third kappa shape index (κ3) is 2.70. The lowest BCUT2D eigenvalue weighted by Crippen LogP contribution is -2.10. The molecule has 1 aliphatic rings. The van der Waals surface area contributed by atoms with Crippen LogP contribution in [0.4, 0.5) is 8.78 Å². The van der Waals surface area contributed by atoms with Gasteiger partial charge in [0.15, 0.2) is 0 Å². The van der Waals surface area contributed by atoms with Crippen LogP contribution < -0.4 is 10.1 Å². The molecule has 2 atom stereocenters. The second-order valence-electron chi connectivity index (χ2n) is 4.11. The number of hydrogen-bond acceptors (Lipinski definition) is 2.